The van der Waals surface area contributed by atoms with Gasteiger partial charge in [-0.1, -0.05) is 13.8 Å². The summed E-state index contributed by atoms with van der Waals surface area (Å²) in [7, 11) is 0. The average Bonchev–Trinajstić information content (AvgIpc) is 2.21. The van der Waals surface area contributed by atoms with Gasteiger partial charge in [-0.3, -0.25) is 0 Å². The Hall–Kier alpha value is -1.12. The van der Waals surface area contributed by atoms with Gasteiger partial charge >= 0.3 is 0 Å². The number of hydrogen-bond donors (Lipinski definition) is 0. The number of nitrogens with zero attached hydrogens (tertiary/aromatic N) is 2. The van der Waals surface area contributed by atoms with Gasteiger partial charge in [0.1, 0.15) is 0 Å². The second kappa shape index (κ2) is 5.10. The Balaban J connectivity index is 3.02. The van der Waals surface area contributed by atoms with Gasteiger partial charge in [0, 0.05) is 19.3 Å². The first-order valence-corrected chi connectivity index (χ1v) is 5.50. The predicted molar refractivity (Wildman–Crippen MR) is 61.8 cm³/mol. The van der Waals surface area contributed by atoms with Crippen LogP contribution in [0, 0.1) is 5.82 Å². The fourth-order valence-electron chi connectivity index (χ4n) is 1.52. The number of pyridine rings is 1. The molecule has 0 aliphatic heterocycles. The highest BCUT2D eigenvalue weighted by Gasteiger charge is 2.11. The first-order chi connectivity index (χ1) is 7.10. The number of rotatable bonds is 4. The molecule has 15 heavy (non-hydrogen) atoms. The number of halogens is 1. The van der Waals surface area contributed by atoms with E-state index in [1.54, 1.807) is 12.3 Å². The van der Waals surface area contributed by atoms with Crippen LogP contribution < -0.4 is 4.90 Å². The summed E-state index contributed by atoms with van der Waals surface area (Å²) in [5, 5.41) is 0. The molecule has 0 bridgehead atoms. The van der Waals surface area contributed by atoms with Gasteiger partial charge in [-0.15, -0.1) is 0 Å². The van der Waals surface area contributed by atoms with E-state index in [-0.39, 0.29) is 5.82 Å². The van der Waals surface area contributed by atoms with Crippen LogP contribution in [0.4, 0.5) is 10.2 Å². The van der Waals surface area contributed by atoms with Gasteiger partial charge in [0.15, 0.2) is 11.6 Å². The van der Waals surface area contributed by atoms with Crippen LogP contribution in [0.1, 0.15) is 39.2 Å². The molecule has 0 saturated carbocycles. The van der Waals surface area contributed by atoms with Gasteiger partial charge in [0.25, 0.3) is 0 Å². The molecule has 1 heterocycles. The molecule has 0 unspecified atom stereocenters. The maximum absolute atomic E-state index is 13.7. The van der Waals surface area contributed by atoms with Crippen molar-refractivity contribution in [1.82, 2.24) is 4.98 Å². The Morgan fingerprint density at radius 3 is 2.33 bits per heavy atom. The van der Waals surface area contributed by atoms with Crippen LogP contribution in [-0.2, 0) is 0 Å². The molecule has 0 spiro atoms. The van der Waals surface area contributed by atoms with Gasteiger partial charge in [0.2, 0.25) is 0 Å². The van der Waals surface area contributed by atoms with Gasteiger partial charge in [0.05, 0.1) is 0 Å². The maximum Gasteiger partial charge on any atom is 0.165 e. The summed E-state index contributed by atoms with van der Waals surface area (Å²) in [5.74, 6) is 0.562. The summed E-state index contributed by atoms with van der Waals surface area (Å²) < 4.78 is 13.7. The quantitative estimate of drug-likeness (QED) is 0.758. The third kappa shape index (κ3) is 2.67. The van der Waals surface area contributed by atoms with Crippen LogP contribution in [0.3, 0.4) is 0 Å². The Morgan fingerprint density at radius 2 is 1.93 bits per heavy atom. The van der Waals surface area contributed by atoms with Gasteiger partial charge in [-0.2, -0.15) is 0 Å². The summed E-state index contributed by atoms with van der Waals surface area (Å²) in [6.45, 7) is 9.63. The minimum absolute atomic E-state index is 0.218. The number of aromatic nitrogens is 1. The highest BCUT2D eigenvalue weighted by molar-refractivity contribution is 5.41. The molecule has 0 amide bonds. The molecule has 0 N–H and O–H groups in total. The molecular weight excluding hydrogens is 191 g/mol. The third-order valence-corrected chi connectivity index (χ3v) is 2.57. The zero-order chi connectivity index (χ0) is 11.4. The first kappa shape index (κ1) is 12.0. The van der Waals surface area contributed by atoms with E-state index in [0.29, 0.717) is 11.7 Å². The molecular formula is C12H19FN2. The van der Waals surface area contributed by atoms with Crippen molar-refractivity contribution in [3.05, 3.63) is 23.6 Å². The lowest BCUT2D eigenvalue weighted by Crippen LogP contribution is -2.24. The minimum atomic E-state index is -0.218. The van der Waals surface area contributed by atoms with E-state index in [1.165, 1.54) is 0 Å². The van der Waals surface area contributed by atoms with Crippen molar-refractivity contribution < 1.29 is 4.39 Å². The summed E-state index contributed by atoms with van der Waals surface area (Å²) in [6.07, 6.45) is 1.77. The van der Waals surface area contributed by atoms with E-state index in [0.717, 1.165) is 18.7 Å². The molecule has 3 heteroatoms. The lowest BCUT2D eigenvalue weighted by atomic mass is 10.1. The smallest absolute Gasteiger partial charge is 0.165 e. The summed E-state index contributed by atoms with van der Waals surface area (Å²) in [6, 6.07) is 1.59. The van der Waals surface area contributed by atoms with Crippen molar-refractivity contribution in [1.29, 1.82) is 0 Å². The molecule has 0 atom stereocenters. The fraction of sp³-hybridized carbons (Fsp3) is 0.583. The van der Waals surface area contributed by atoms with E-state index in [9.17, 15) is 4.39 Å². The largest absolute Gasteiger partial charge is 0.355 e. The van der Waals surface area contributed by atoms with Crippen molar-refractivity contribution in [3.63, 3.8) is 0 Å². The van der Waals surface area contributed by atoms with Crippen molar-refractivity contribution >= 4 is 5.82 Å². The molecule has 0 aliphatic rings. The molecule has 0 aliphatic carbocycles. The van der Waals surface area contributed by atoms with E-state index in [2.05, 4.69) is 4.98 Å². The normalized spacial score (nSPS) is 10.8. The van der Waals surface area contributed by atoms with Gasteiger partial charge < -0.3 is 4.90 Å². The topological polar surface area (TPSA) is 16.1 Å². The summed E-state index contributed by atoms with van der Waals surface area (Å²) in [5.41, 5.74) is 0.948. The Morgan fingerprint density at radius 1 is 1.33 bits per heavy atom. The number of hydrogen-bond acceptors (Lipinski definition) is 2. The van der Waals surface area contributed by atoms with Crippen molar-refractivity contribution in [2.45, 2.75) is 33.6 Å². The van der Waals surface area contributed by atoms with Gasteiger partial charge in [-0.25, -0.2) is 9.37 Å². The monoisotopic (exact) mass is 210 g/mol. The van der Waals surface area contributed by atoms with E-state index in [1.807, 2.05) is 32.6 Å². The molecule has 1 aromatic rings. The average molecular weight is 210 g/mol. The SMILES string of the molecule is CCN(CC)c1ncc(C(C)C)cc1F. The molecule has 2 nitrogen and oxygen atoms in total. The van der Waals surface area contributed by atoms with Crippen molar-refractivity contribution in [2.75, 3.05) is 18.0 Å². The van der Waals surface area contributed by atoms with Crippen LogP contribution in [0.5, 0.6) is 0 Å². The zero-order valence-corrected chi connectivity index (χ0v) is 9.92. The Kier molecular flexibility index (Phi) is 4.06. The van der Waals surface area contributed by atoms with Gasteiger partial charge in [-0.05, 0) is 31.4 Å². The lowest BCUT2D eigenvalue weighted by molar-refractivity contribution is 0.607. The fourth-order valence-corrected chi connectivity index (χ4v) is 1.52. The van der Waals surface area contributed by atoms with Crippen molar-refractivity contribution in [2.24, 2.45) is 0 Å². The summed E-state index contributed by atoms with van der Waals surface area (Å²) in [4.78, 5) is 6.11. The predicted octanol–water partition coefficient (Wildman–Crippen LogP) is 3.19. The highest BCUT2D eigenvalue weighted by Crippen LogP contribution is 2.20. The van der Waals surface area contributed by atoms with Crippen molar-refractivity contribution in [3.8, 4) is 0 Å². The highest BCUT2D eigenvalue weighted by atomic mass is 19.1. The molecule has 0 radical (unpaired) electrons. The third-order valence-electron chi connectivity index (χ3n) is 2.57. The zero-order valence-electron chi connectivity index (χ0n) is 9.92. The second-order valence-electron chi connectivity index (χ2n) is 3.90. The lowest BCUT2D eigenvalue weighted by Gasteiger charge is -2.20. The van der Waals surface area contributed by atoms with E-state index < -0.39 is 0 Å². The molecule has 0 fully saturated rings. The summed E-state index contributed by atoms with van der Waals surface area (Å²) >= 11 is 0. The maximum atomic E-state index is 13.7. The Bertz CT molecular complexity index is 319. The van der Waals surface area contributed by atoms with Crippen LogP contribution in [0.15, 0.2) is 12.3 Å². The minimum Gasteiger partial charge on any atom is -0.355 e. The van der Waals surface area contributed by atoms with Crippen LogP contribution in [0.25, 0.3) is 0 Å². The molecule has 1 aromatic heterocycles. The van der Waals surface area contributed by atoms with E-state index >= 15 is 0 Å². The first-order valence-electron chi connectivity index (χ1n) is 5.50. The van der Waals surface area contributed by atoms with E-state index in [4.69, 9.17) is 0 Å². The molecule has 0 saturated heterocycles. The van der Waals surface area contributed by atoms with Crippen LogP contribution in [-0.4, -0.2) is 18.1 Å². The molecule has 1 rings (SSSR count). The molecule has 0 aromatic carbocycles. The molecule has 84 valence electrons. The van der Waals surface area contributed by atoms with Crippen LogP contribution in [0.2, 0.25) is 0 Å². The standard InChI is InChI=1S/C12H19FN2/c1-5-15(6-2)12-11(13)7-10(8-14-12)9(3)4/h7-9H,5-6H2,1-4H3. The Labute approximate surface area is 91.1 Å². The van der Waals surface area contributed by atoms with Crippen LogP contribution >= 0.6 is 0 Å². The number of anilines is 1. The second-order valence-corrected chi connectivity index (χ2v) is 3.90.